The van der Waals surface area contributed by atoms with Gasteiger partial charge < -0.3 is 10.1 Å². The molecular weight excluding hydrogens is 441 g/mol. The van der Waals surface area contributed by atoms with Gasteiger partial charge in [-0.2, -0.15) is 0 Å². The van der Waals surface area contributed by atoms with E-state index >= 15 is 0 Å². The molecule has 12 heteroatoms. The number of hydrogen-bond donors (Lipinski definition) is 2. The average molecular weight is 454 g/mol. The summed E-state index contributed by atoms with van der Waals surface area (Å²) in [5.41, 5.74) is 0.430. The zero-order valence-corrected chi connectivity index (χ0v) is 17.1. The summed E-state index contributed by atoms with van der Waals surface area (Å²) < 4.78 is 4.97. The fourth-order valence-corrected chi connectivity index (χ4v) is 3.42. The Labute approximate surface area is 178 Å². The number of carbonyl (C=O) groups is 1. The molecule has 0 bridgehead atoms. The van der Waals surface area contributed by atoms with Crippen LogP contribution in [0.3, 0.4) is 0 Å². The van der Waals surface area contributed by atoms with E-state index < -0.39 is 10.8 Å². The van der Waals surface area contributed by atoms with Gasteiger partial charge in [-0.3, -0.25) is 20.0 Å². The highest BCUT2D eigenvalue weighted by Crippen LogP contribution is 2.30. The second kappa shape index (κ2) is 9.12. The topological polar surface area (TPSA) is 123 Å². The van der Waals surface area contributed by atoms with Gasteiger partial charge in [0.2, 0.25) is 11.1 Å². The summed E-state index contributed by atoms with van der Waals surface area (Å²) in [7, 11) is 1.40. The average Bonchev–Trinajstić information content (AvgIpc) is 3.15. The van der Waals surface area contributed by atoms with Crippen molar-refractivity contribution in [3.63, 3.8) is 0 Å². The number of anilines is 1. The summed E-state index contributed by atoms with van der Waals surface area (Å²) in [5, 5.41) is 21.7. The van der Waals surface area contributed by atoms with Crippen molar-refractivity contribution in [2.45, 2.75) is 5.16 Å². The molecule has 1 amide bonds. The van der Waals surface area contributed by atoms with E-state index in [9.17, 15) is 14.9 Å². The predicted octanol–water partition coefficient (Wildman–Crippen LogP) is 4.43. The molecule has 150 valence electrons. The van der Waals surface area contributed by atoms with Crippen molar-refractivity contribution in [3.8, 4) is 17.1 Å². The van der Waals surface area contributed by atoms with E-state index in [1.165, 1.54) is 25.3 Å². The van der Waals surface area contributed by atoms with Crippen LogP contribution in [0.25, 0.3) is 11.4 Å². The minimum absolute atomic E-state index is 0.0468. The Morgan fingerprint density at radius 1 is 1.31 bits per heavy atom. The van der Waals surface area contributed by atoms with E-state index in [2.05, 4.69) is 20.5 Å². The number of aromatic nitrogens is 3. The second-order valence-electron chi connectivity index (χ2n) is 5.57. The summed E-state index contributed by atoms with van der Waals surface area (Å²) in [5.74, 6) is 0.257. The molecule has 9 nitrogen and oxygen atoms in total. The Morgan fingerprint density at radius 3 is 2.79 bits per heavy atom. The number of H-pyrrole nitrogens is 1. The number of ether oxygens (including phenoxy) is 1. The van der Waals surface area contributed by atoms with Crippen molar-refractivity contribution >= 4 is 52.2 Å². The van der Waals surface area contributed by atoms with E-state index in [-0.39, 0.29) is 17.1 Å². The van der Waals surface area contributed by atoms with E-state index in [1.54, 1.807) is 18.2 Å². The van der Waals surface area contributed by atoms with Crippen LogP contribution >= 0.6 is 35.0 Å². The fraction of sp³-hybridized carbons (Fsp3) is 0.118. The molecular formula is C17H13Cl2N5O4S. The summed E-state index contributed by atoms with van der Waals surface area (Å²) in [6.07, 6.45) is 0. The predicted molar refractivity (Wildman–Crippen MR) is 111 cm³/mol. The molecule has 0 saturated heterocycles. The Hall–Kier alpha value is -2.82. The van der Waals surface area contributed by atoms with Crippen molar-refractivity contribution in [2.75, 3.05) is 18.2 Å². The number of halogens is 2. The first kappa shape index (κ1) is 20.9. The molecule has 0 aliphatic rings. The molecule has 0 radical (unpaired) electrons. The van der Waals surface area contributed by atoms with Crippen LogP contribution in [0.15, 0.2) is 41.6 Å². The summed E-state index contributed by atoms with van der Waals surface area (Å²) in [6, 6.07) is 9.13. The minimum Gasteiger partial charge on any atom is -0.496 e. The highest BCUT2D eigenvalue weighted by molar-refractivity contribution is 7.99. The maximum absolute atomic E-state index is 12.2. The Bertz CT molecular complexity index is 1080. The largest absolute Gasteiger partial charge is 0.496 e. The molecule has 0 saturated carbocycles. The molecule has 0 unspecified atom stereocenters. The maximum atomic E-state index is 12.2. The number of hydrogen-bond acceptors (Lipinski definition) is 7. The van der Waals surface area contributed by atoms with E-state index in [0.29, 0.717) is 32.3 Å². The molecule has 1 heterocycles. The normalized spacial score (nSPS) is 10.6. The van der Waals surface area contributed by atoms with Crippen LogP contribution in [0, 0.1) is 10.1 Å². The van der Waals surface area contributed by atoms with Crippen molar-refractivity contribution in [1.29, 1.82) is 0 Å². The summed E-state index contributed by atoms with van der Waals surface area (Å²) in [4.78, 5) is 27.1. The van der Waals surface area contributed by atoms with Crippen molar-refractivity contribution in [3.05, 3.63) is 56.6 Å². The van der Waals surface area contributed by atoms with Gasteiger partial charge in [0.1, 0.15) is 11.4 Å². The van der Waals surface area contributed by atoms with Crippen LogP contribution in [-0.2, 0) is 4.79 Å². The van der Waals surface area contributed by atoms with Crippen LogP contribution in [0.1, 0.15) is 0 Å². The smallest absolute Gasteiger partial charge is 0.296 e. The number of nitrogens with zero attached hydrogens (tertiary/aromatic N) is 3. The number of methoxy groups -OCH3 is 1. The minimum atomic E-state index is -0.595. The van der Waals surface area contributed by atoms with Gasteiger partial charge in [-0.05, 0) is 30.3 Å². The summed E-state index contributed by atoms with van der Waals surface area (Å²) in [6.45, 7) is 0. The van der Waals surface area contributed by atoms with Crippen LogP contribution in [0.4, 0.5) is 11.4 Å². The highest BCUT2D eigenvalue weighted by atomic mass is 35.5. The first-order valence-electron chi connectivity index (χ1n) is 8.00. The van der Waals surface area contributed by atoms with Crippen LogP contribution in [0.2, 0.25) is 10.0 Å². The van der Waals surface area contributed by atoms with Gasteiger partial charge in [-0.1, -0.05) is 35.0 Å². The van der Waals surface area contributed by atoms with Crippen LogP contribution in [0.5, 0.6) is 5.75 Å². The number of rotatable bonds is 7. The molecule has 0 fully saturated rings. The number of benzene rings is 2. The lowest BCUT2D eigenvalue weighted by molar-refractivity contribution is -0.384. The standard InChI is InChI=1S/C17H13Cl2N5O4S/c1-28-10-3-5-13(14(7-10)24(26)27)20-15(25)8-29-17-21-16(22-23-17)11-4-2-9(18)6-12(11)19/h2-7H,8H2,1H3,(H,20,25)(H,21,22,23). The van der Waals surface area contributed by atoms with Crippen molar-refractivity contribution in [2.24, 2.45) is 0 Å². The molecule has 2 aromatic carbocycles. The van der Waals surface area contributed by atoms with Gasteiger partial charge in [0, 0.05) is 10.6 Å². The molecule has 3 aromatic rings. The van der Waals surface area contributed by atoms with E-state index in [0.717, 1.165) is 11.8 Å². The third-order valence-electron chi connectivity index (χ3n) is 3.66. The Balaban J connectivity index is 1.65. The Morgan fingerprint density at radius 2 is 2.10 bits per heavy atom. The molecule has 0 spiro atoms. The molecule has 0 atom stereocenters. The molecule has 2 N–H and O–H groups in total. The zero-order valence-electron chi connectivity index (χ0n) is 14.8. The number of aromatic amines is 1. The lowest BCUT2D eigenvalue weighted by Gasteiger charge is -2.06. The lowest BCUT2D eigenvalue weighted by Crippen LogP contribution is -2.15. The molecule has 3 rings (SSSR count). The zero-order chi connectivity index (χ0) is 21.0. The monoisotopic (exact) mass is 453 g/mol. The molecule has 0 aliphatic heterocycles. The van der Waals surface area contributed by atoms with Gasteiger partial charge in [0.15, 0.2) is 5.82 Å². The fourth-order valence-electron chi connectivity index (χ4n) is 2.32. The molecule has 29 heavy (non-hydrogen) atoms. The third-order valence-corrected chi connectivity index (χ3v) is 5.05. The van der Waals surface area contributed by atoms with E-state index in [4.69, 9.17) is 27.9 Å². The lowest BCUT2D eigenvalue weighted by atomic mass is 10.2. The van der Waals surface area contributed by atoms with Crippen molar-refractivity contribution < 1.29 is 14.5 Å². The van der Waals surface area contributed by atoms with Crippen LogP contribution < -0.4 is 10.1 Å². The third kappa shape index (κ3) is 5.17. The number of nitro benzene ring substituents is 1. The number of amides is 1. The highest BCUT2D eigenvalue weighted by Gasteiger charge is 2.18. The van der Waals surface area contributed by atoms with Crippen molar-refractivity contribution in [1.82, 2.24) is 15.2 Å². The summed E-state index contributed by atoms with van der Waals surface area (Å²) >= 11 is 13.1. The second-order valence-corrected chi connectivity index (χ2v) is 7.35. The van der Waals surface area contributed by atoms with Gasteiger partial charge in [-0.25, -0.2) is 4.98 Å². The van der Waals surface area contributed by atoms with Gasteiger partial charge >= 0.3 is 0 Å². The first-order chi connectivity index (χ1) is 13.9. The number of nitrogens with one attached hydrogen (secondary N) is 2. The number of carbonyl (C=O) groups excluding carboxylic acids is 1. The van der Waals surface area contributed by atoms with Gasteiger partial charge in [0.25, 0.3) is 5.69 Å². The molecule has 0 aliphatic carbocycles. The molecule has 1 aromatic heterocycles. The SMILES string of the molecule is COc1ccc(NC(=O)CSc2n[nH]c(-c3ccc(Cl)cc3Cl)n2)c([N+](=O)[O-])c1. The first-order valence-corrected chi connectivity index (χ1v) is 9.74. The van der Waals surface area contributed by atoms with Gasteiger partial charge in [-0.15, -0.1) is 5.10 Å². The van der Waals surface area contributed by atoms with Crippen LogP contribution in [-0.4, -0.2) is 38.9 Å². The number of thioether (sulfide) groups is 1. The quantitative estimate of drug-likeness (QED) is 0.308. The Kier molecular flexibility index (Phi) is 6.57. The van der Waals surface area contributed by atoms with E-state index in [1.807, 2.05) is 0 Å². The number of nitro groups is 1. The van der Waals surface area contributed by atoms with Gasteiger partial charge in [0.05, 0.1) is 28.9 Å². The maximum Gasteiger partial charge on any atom is 0.296 e.